The molecule has 0 aliphatic carbocycles. The van der Waals surface area contributed by atoms with Crippen molar-refractivity contribution in [3.63, 3.8) is 0 Å². The van der Waals surface area contributed by atoms with Gasteiger partial charge in [0.25, 0.3) is 0 Å². The van der Waals surface area contributed by atoms with Gasteiger partial charge < -0.3 is 14.1 Å². The van der Waals surface area contributed by atoms with E-state index in [2.05, 4.69) is 12.4 Å². The van der Waals surface area contributed by atoms with Crippen LogP contribution in [0.1, 0.15) is 110 Å². The quantitative estimate of drug-likeness (QED) is 0.0728. The highest BCUT2D eigenvalue weighted by atomic mass is 31.2. The number of ether oxygens (including phenoxy) is 1. The van der Waals surface area contributed by atoms with E-state index in [1.807, 2.05) is 34.1 Å². The molecule has 8 nitrogen and oxygen atoms in total. The second-order valence-corrected chi connectivity index (χ2v) is 13.0. The molecular formula is C28H58N2O6P+. The third-order valence-electron chi connectivity index (χ3n) is 6.68. The maximum atomic E-state index is 12.3. The monoisotopic (exact) mass is 549 g/mol. The number of unbranched alkanes of at least 4 members (excludes halogenated alkanes) is 13. The van der Waals surface area contributed by atoms with Gasteiger partial charge in [0.1, 0.15) is 13.2 Å². The number of hydrogen-bond donors (Lipinski definition) is 2. The van der Waals surface area contributed by atoms with E-state index in [4.69, 9.17) is 18.6 Å². The Morgan fingerprint density at radius 1 is 0.838 bits per heavy atom. The highest BCUT2D eigenvalue weighted by Crippen LogP contribution is 2.44. The van der Waals surface area contributed by atoms with Crippen molar-refractivity contribution in [2.75, 3.05) is 54.1 Å². The molecule has 0 spiro atoms. The molecule has 2 N–H and O–H groups in total. The lowest BCUT2D eigenvalue weighted by atomic mass is 10.0. The Morgan fingerprint density at radius 2 is 1.38 bits per heavy atom. The van der Waals surface area contributed by atoms with Crippen LogP contribution in [0.2, 0.25) is 0 Å². The van der Waals surface area contributed by atoms with Crippen molar-refractivity contribution < 1.29 is 32.6 Å². The SMILES string of the molecule is CCCCCCCCCCCCCCCCOC[C@]1(COP(=O)(O)OCC[N+](C)(C)C)C=C(CC)NO1. The van der Waals surface area contributed by atoms with Crippen molar-refractivity contribution in [3.8, 4) is 0 Å². The van der Waals surface area contributed by atoms with Crippen LogP contribution in [0, 0.1) is 0 Å². The lowest BCUT2D eigenvalue weighted by molar-refractivity contribution is -0.870. The molecule has 0 amide bonds. The zero-order valence-corrected chi connectivity index (χ0v) is 25.5. The molecule has 0 saturated heterocycles. The summed E-state index contributed by atoms with van der Waals surface area (Å²) in [6.45, 7) is 5.77. The highest BCUT2D eigenvalue weighted by Gasteiger charge is 2.39. The molecule has 0 saturated carbocycles. The average Bonchev–Trinajstić information content (AvgIpc) is 3.25. The first-order chi connectivity index (χ1) is 17.6. The zero-order chi connectivity index (χ0) is 27.5. The second kappa shape index (κ2) is 19.6. The number of nitrogens with one attached hydrogen (secondary N) is 1. The molecule has 0 bridgehead atoms. The maximum Gasteiger partial charge on any atom is 0.472 e. The molecule has 1 heterocycles. The van der Waals surface area contributed by atoms with Gasteiger partial charge in [-0.2, -0.15) is 0 Å². The predicted octanol–water partition coefficient (Wildman–Crippen LogP) is 6.89. The van der Waals surface area contributed by atoms with Gasteiger partial charge in [0.05, 0.1) is 34.4 Å². The van der Waals surface area contributed by atoms with Crippen LogP contribution in [0.3, 0.4) is 0 Å². The smallest absolute Gasteiger partial charge is 0.378 e. The van der Waals surface area contributed by atoms with E-state index in [1.54, 1.807) is 0 Å². The summed E-state index contributed by atoms with van der Waals surface area (Å²) in [5.41, 5.74) is 2.85. The molecule has 0 aromatic heterocycles. The van der Waals surface area contributed by atoms with Crippen LogP contribution < -0.4 is 5.48 Å². The van der Waals surface area contributed by atoms with Gasteiger partial charge in [-0.15, -0.1) is 0 Å². The van der Waals surface area contributed by atoms with Crippen LogP contribution in [0.15, 0.2) is 11.8 Å². The van der Waals surface area contributed by atoms with Crippen LogP contribution >= 0.6 is 7.82 Å². The van der Waals surface area contributed by atoms with Crippen molar-refractivity contribution in [2.45, 2.75) is 116 Å². The molecule has 1 unspecified atom stereocenters. The van der Waals surface area contributed by atoms with E-state index in [0.29, 0.717) is 17.6 Å². The normalized spacial score (nSPS) is 19.6. The molecule has 0 aromatic rings. The number of allylic oxidation sites excluding steroid dienone is 1. The van der Waals surface area contributed by atoms with Crippen LogP contribution in [-0.4, -0.2) is 69.1 Å². The average molecular weight is 550 g/mol. The summed E-state index contributed by atoms with van der Waals surface area (Å²) < 4.78 is 29.3. The van der Waals surface area contributed by atoms with Crippen molar-refractivity contribution in [2.24, 2.45) is 0 Å². The molecule has 1 aliphatic heterocycles. The molecule has 2 atom stereocenters. The summed E-state index contributed by atoms with van der Waals surface area (Å²) in [6, 6.07) is 0. The Kier molecular flexibility index (Phi) is 18.3. The standard InChI is InChI=1S/C28H57N2O6P/c1-6-8-9-10-11-12-13-14-15-16-17-18-19-20-22-33-25-28(24-27(7-2)29-36-28)26-35-37(31,32)34-23-21-30(3,4)5/h24,29H,6-23,25-26H2,1-5H3/p+1/t28-/m0/s1. The van der Waals surface area contributed by atoms with Gasteiger partial charge in [-0.1, -0.05) is 97.3 Å². The predicted molar refractivity (Wildman–Crippen MR) is 151 cm³/mol. The van der Waals surface area contributed by atoms with E-state index in [0.717, 1.165) is 25.0 Å². The van der Waals surface area contributed by atoms with Crippen LogP contribution in [0.4, 0.5) is 0 Å². The maximum absolute atomic E-state index is 12.3. The van der Waals surface area contributed by atoms with Gasteiger partial charge >= 0.3 is 7.82 Å². The summed E-state index contributed by atoms with van der Waals surface area (Å²) >= 11 is 0. The topological polar surface area (TPSA) is 86.3 Å². The highest BCUT2D eigenvalue weighted by molar-refractivity contribution is 7.47. The van der Waals surface area contributed by atoms with Gasteiger partial charge in [-0.3, -0.25) is 19.4 Å². The summed E-state index contributed by atoms with van der Waals surface area (Å²) in [7, 11) is 1.80. The van der Waals surface area contributed by atoms with Crippen molar-refractivity contribution in [1.29, 1.82) is 0 Å². The first-order valence-electron chi connectivity index (χ1n) is 14.8. The molecule has 1 rings (SSSR count). The lowest BCUT2D eigenvalue weighted by Gasteiger charge is -2.27. The Hall–Kier alpha value is -0.470. The molecule has 9 heteroatoms. The third kappa shape index (κ3) is 18.4. The number of phosphoric ester groups is 1. The van der Waals surface area contributed by atoms with Crippen molar-refractivity contribution in [3.05, 3.63) is 11.8 Å². The fraction of sp³-hybridized carbons (Fsp3) is 0.929. The first-order valence-corrected chi connectivity index (χ1v) is 16.3. The fourth-order valence-electron chi connectivity index (χ4n) is 4.20. The zero-order valence-electron chi connectivity index (χ0n) is 24.6. The minimum atomic E-state index is -4.18. The van der Waals surface area contributed by atoms with E-state index >= 15 is 0 Å². The van der Waals surface area contributed by atoms with Crippen molar-refractivity contribution in [1.82, 2.24) is 5.48 Å². The van der Waals surface area contributed by atoms with Crippen molar-refractivity contribution >= 4 is 7.82 Å². The fourth-order valence-corrected chi connectivity index (χ4v) is 4.97. The van der Waals surface area contributed by atoms with Gasteiger partial charge in [0.15, 0.2) is 5.60 Å². The number of hydrogen-bond acceptors (Lipinski definition) is 6. The number of nitrogens with zero attached hydrogens (tertiary/aromatic N) is 1. The second-order valence-electron chi connectivity index (χ2n) is 11.5. The van der Waals surface area contributed by atoms with Gasteiger partial charge in [0.2, 0.25) is 0 Å². The molecule has 0 aromatic carbocycles. The Labute approximate surface area is 227 Å². The molecule has 0 radical (unpaired) electrons. The van der Waals surface area contributed by atoms with E-state index in [1.165, 1.54) is 77.0 Å². The largest absolute Gasteiger partial charge is 0.472 e. The first kappa shape index (κ1) is 34.6. The van der Waals surface area contributed by atoms with E-state index < -0.39 is 13.4 Å². The molecule has 0 fully saturated rings. The summed E-state index contributed by atoms with van der Waals surface area (Å²) in [5.74, 6) is 0. The van der Waals surface area contributed by atoms with E-state index in [9.17, 15) is 9.46 Å². The van der Waals surface area contributed by atoms with Gasteiger partial charge in [-0.25, -0.2) is 4.57 Å². The van der Waals surface area contributed by atoms with Gasteiger partial charge in [-0.05, 0) is 18.9 Å². The summed E-state index contributed by atoms with van der Waals surface area (Å²) in [4.78, 5) is 15.8. The number of rotatable bonds is 25. The van der Waals surface area contributed by atoms with E-state index in [-0.39, 0.29) is 19.8 Å². The molecular weight excluding hydrogens is 491 g/mol. The lowest BCUT2D eigenvalue weighted by Crippen LogP contribution is -2.40. The molecule has 220 valence electrons. The number of likely N-dealkylation sites (N-methyl/N-ethyl adjacent to an activating group) is 1. The minimum Gasteiger partial charge on any atom is -0.378 e. The summed E-state index contributed by atoms with van der Waals surface area (Å²) in [5, 5.41) is 0. The molecule has 37 heavy (non-hydrogen) atoms. The van der Waals surface area contributed by atoms with Crippen LogP contribution in [0.25, 0.3) is 0 Å². The third-order valence-corrected chi connectivity index (χ3v) is 7.64. The number of phosphoric acid groups is 1. The Bertz CT molecular complexity index is 655. The minimum absolute atomic E-state index is 0.125. The van der Waals surface area contributed by atoms with Gasteiger partial charge in [0, 0.05) is 12.3 Å². The number of quaternary nitrogens is 1. The number of hydroxylamine groups is 1. The molecule has 1 aliphatic rings. The Balaban J connectivity index is 2.17. The Morgan fingerprint density at radius 3 is 1.86 bits per heavy atom. The van der Waals surface area contributed by atoms with Crippen LogP contribution in [-0.2, 0) is 23.2 Å². The summed E-state index contributed by atoms with van der Waals surface area (Å²) in [6.07, 6.45) is 21.2. The van der Waals surface area contributed by atoms with Crippen LogP contribution in [0.5, 0.6) is 0 Å².